The van der Waals surface area contributed by atoms with E-state index in [0.717, 1.165) is 170 Å². The smallest absolute Gasteiger partial charge is 0.238 e. The number of nitrogens with zero attached hydrogens (tertiary/aromatic N) is 21. The van der Waals surface area contributed by atoms with E-state index >= 15 is 0 Å². The fourth-order valence-corrected chi connectivity index (χ4v) is 21.1. The highest BCUT2D eigenvalue weighted by molar-refractivity contribution is 7.90. The molecule has 52 heteroatoms. The van der Waals surface area contributed by atoms with Gasteiger partial charge in [-0.25, -0.2) is 67.8 Å². The van der Waals surface area contributed by atoms with Crippen molar-refractivity contribution in [2.24, 2.45) is 30.7 Å². The highest BCUT2D eigenvalue weighted by Gasteiger charge is 2.32. The van der Waals surface area contributed by atoms with Gasteiger partial charge in [0.15, 0.2) is 0 Å². The van der Waals surface area contributed by atoms with Gasteiger partial charge in [0.2, 0.25) is 79.2 Å². The first-order chi connectivity index (χ1) is 71.8. The minimum Gasteiger partial charge on any atom is -0.392 e. The summed E-state index contributed by atoms with van der Waals surface area (Å²) in [6, 6.07) is 66.1. The summed E-state index contributed by atoms with van der Waals surface area (Å²) in [6.45, 7) is 16.5. The maximum Gasteiger partial charge on any atom is 0.238 e. The summed E-state index contributed by atoms with van der Waals surface area (Å²) < 4.78 is 123. The van der Waals surface area contributed by atoms with Crippen LogP contribution in [0.1, 0.15) is 66.0 Å². The molecule has 2 atom stereocenters. The first-order valence-corrected chi connectivity index (χ1v) is 54.4. The Kier molecular flexibility index (Phi) is 34.7. The van der Waals surface area contributed by atoms with Crippen LogP contribution in [0, 0.1) is 0 Å². The van der Waals surface area contributed by atoms with Gasteiger partial charge in [-0.05, 0) is 177 Å². The third-order valence-corrected chi connectivity index (χ3v) is 29.1. The number of primary sulfonamides is 5. The Balaban J connectivity index is 0.000000133. The molecule has 770 valence electrons. The van der Waals surface area contributed by atoms with Gasteiger partial charge >= 0.3 is 0 Å². The lowest BCUT2D eigenvalue weighted by atomic mass is 9.98. The van der Waals surface area contributed by atoms with Crippen molar-refractivity contribution in [3.8, 4) is 113 Å². The SMILES string of the molecule is C=C1CN(Cc2ccc(-c3cccc(S(N)(=O)=O)c3-c3nn[nH]n3)cc2)CCN1.CC[C@@H]1C[C@@H](O)CN1Cc1ccc(-c2cccc(S(N)(=O)=O)c2-c2nn[nH]n2)cc1.NS(=O)(=O)c1cccc(-c2ccc(CNCCC3=CCC=N3)cc2)c1-c1nn[nH]n1.NS(=O)(=O)c1cccc(-c2ccc(CNCCc3cn[nH]c3)cc2)c1-c1nn[nH]n1.NS(=O)(=O)c1cccc(-c2ccc(CNCCn3cccn3)cc2)c1-c1nn[nH]n1. The molecule has 0 spiro atoms. The number of rotatable bonds is 35. The second-order valence-corrected chi connectivity index (χ2v) is 42.2. The molecular formula is C97H106N36O11S5. The van der Waals surface area contributed by atoms with Crippen molar-refractivity contribution < 1.29 is 47.2 Å². The number of tetrazole rings is 5. The normalized spacial score (nSPS) is 14.4. The van der Waals surface area contributed by atoms with E-state index in [2.05, 4.69) is 174 Å². The van der Waals surface area contributed by atoms with E-state index in [1.807, 2.05) is 169 Å². The van der Waals surface area contributed by atoms with Gasteiger partial charge in [0.25, 0.3) is 0 Å². The van der Waals surface area contributed by atoms with Gasteiger partial charge in [0.1, 0.15) is 0 Å². The molecule has 0 bridgehead atoms. The standard InChI is InChI=1S/C20H21N7O2S.C20H24N6O3S.2C19H20N8O2S.C19H21N7O2S/c21-30(28,29)18-5-1-4-17(19(18)20-24-26-27-25-20)15-8-6-14(7-9-15)13-22-12-10-16-3-2-11-23-16;1-2-15-10-16(27)12-26(15)11-13-6-8-14(9-7-13)17-4-3-5-18(30(21,28)29)19(17)20-22-24-25-23-20;20-30(28,29)17-4-1-3-16(18(17)19-23-25-26-24-19)15-7-5-14(6-8-15)13-21-10-12-27-11-2-9-22-27;20-30(28,29)17-3-1-2-16(18(17)19-24-26-27-25-19)15-6-4-13(5-7-15)10-21-9-8-14-11-22-23-12-14;1-13-11-26(10-9-21-13)12-14-5-7-15(8-6-14)16-3-2-4-17(29(20,27)28)18(16)19-22-24-25-23-19/h1,3-9,11,22H,2,10,12-13H2,(H2,21,28,29)(H,24,25,26,27);3-9,15-16,27H,2,10-12H2,1H3,(H2,21,28,29)(H,22,23,24,25);1-9,11,21H,10,12-13H2,(H2,20,28,29)(H,23,24,25,26);1-7,11-12,21H,8-10H2,(H,22,23)(H2,20,28,29)(H,24,25,26,27);2-8,21H,1,9-12H2,(H2,20,27,28)(H,22,23,24,25)/t;15-,16-;;;/m.1.../s1. The molecule has 0 unspecified atom stereocenters. The van der Waals surface area contributed by atoms with Crippen LogP contribution in [0.4, 0.5) is 0 Å². The maximum absolute atomic E-state index is 12.1. The van der Waals surface area contributed by atoms with E-state index in [9.17, 15) is 47.2 Å². The number of aliphatic hydroxyl groups excluding tert-OH is 1. The third kappa shape index (κ3) is 28.0. The average molecular weight is 2110 g/mol. The van der Waals surface area contributed by atoms with Crippen LogP contribution in [-0.2, 0) is 95.8 Å². The molecule has 10 aromatic carbocycles. The van der Waals surface area contributed by atoms with Crippen molar-refractivity contribution in [2.45, 2.75) is 115 Å². The molecule has 3 aliphatic heterocycles. The van der Waals surface area contributed by atoms with Crippen molar-refractivity contribution >= 4 is 56.3 Å². The van der Waals surface area contributed by atoms with Crippen LogP contribution in [0.3, 0.4) is 0 Å². The molecule has 20 rings (SSSR count). The molecule has 3 aliphatic rings. The number of aliphatic hydroxyl groups is 1. The Labute approximate surface area is 856 Å². The Bertz CT molecular complexity index is 7840. The minimum atomic E-state index is -3.98. The van der Waals surface area contributed by atoms with Crippen LogP contribution in [-0.4, -0.2) is 244 Å². The van der Waals surface area contributed by atoms with Crippen LogP contribution in [0.15, 0.2) is 297 Å². The fraction of sp³-hybridized carbons (Fsp3) is 0.216. The molecule has 10 heterocycles. The molecule has 2 fully saturated rings. The number of nitrogens with two attached hydrogens (primary N) is 5. The van der Waals surface area contributed by atoms with Crippen LogP contribution in [0.2, 0.25) is 0 Å². The van der Waals surface area contributed by atoms with Crippen LogP contribution >= 0.6 is 0 Å². The predicted molar refractivity (Wildman–Crippen MR) is 555 cm³/mol. The number of hydrogen-bond acceptors (Lipinski definition) is 35. The number of benzene rings is 10. The number of nitrogens with one attached hydrogen (secondary N) is 10. The first kappa shape index (κ1) is 106. The number of allylic oxidation sites excluding steroid dienone is 1. The van der Waals surface area contributed by atoms with E-state index in [1.54, 1.807) is 54.7 Å². The Morgan fingerprint density at radius 1 is 0.430 bits per heavy atom. The molecule has 0 saturated carbocycles. The van der Waals surface area contributed by atoms with Crippen LogP contribution in [0.5, 0.6) is 0 Å². The van der Waals surface area contributed by atoms with E-state index in [-0.39, 0.29) is 59.7 Å². The number of aromatic nitrogens is 24. The molecule has 149 heavy (non-hydrogen) atoms. The molecule has 21 N–H and O–H groups in total. The van der Waals surface area contributed by atoms with Gasteiger partial charge in [-0.1, -0.05) is 202 Å². The van der Waals surface area contributed by atoms with E-state index in [4.69, 9.17) is 25.7 Å². The number of aliphatic imine (C=N–C) groups is 1. The Hall–Kier alpha value is -15.8. The topological polar surface area (TPSA) is 707 Å². The van der Waals surface area contributed by atoms with Gasteiger partial charge < -0.3 is 26.4 Å². The van der Waals surface area contributed by atoms with Crippen molar-refractivity contribution in [2.75, 3.05) is 45.8 Å². The number of likely N-dealkylation sites (tertiary alicyclic amines) is 1. The van der Waals surface area contributed by atoms with Crippen LogP contribution < -0.4 is 47.0 Å². The number of H-pyrrole nitrogens is 6. The number of aromatic amines is 6. The summed E-state index contributed by atoms with van der Waals surface area (Å²) in [7, 11) is -19.9. The lowest BCUT2D eigenvalue weighted by Crippen LogP contribution is -2.41. The number of β-amino-alcohol motifs (C(OH)–C–C–N with tert-alkyl or cyclic N) is 1. The fourth-order valence-electron chi connectivity index (χ4n) is 17.3. The Morgan fingerprint density at radius 3 is 1.09 bits per heavy atom. The highest BCUT2D eigenvalue weighted by atomic mass is 32.2. The second kappa shape index (κ2) is 48.7. The van der Waals surface area contributed by atoms with Crippen molar-refractivity contribution in [1.82, 2.24) is 154 Å². The quantitative estimate of drug-likeness (QED) is 0.0177. The number of hydrogen-bond donors (Lipinski definition) is 16. The van der Waals surface area contributed by atoms with E-state index < -0.39 is 50.1 Å². The van der Waals surface area contributed by atoms with Gasteiger partial charge in [0.05, 0.1) is 71.1 Å². The summed E-state index contributed by atoms with van der Waals surface area (Å²) >= 11 is 0. The minimum absolute atomic E-state index is 0.0418. The molecule has 17 aromatic rings. The molecule has 0 aliphatic carbocycles. The lowest BCUT2D eigenvalue weighted by Gasteiger charge is -2.29. The zero-order valence-corrected chi connectivity index (χ0v) is 84.3. The molecule has 7 aromatic heterocycles. The molecule has 2 saturated heterocycles. The summed E-state index contributed by atoms with van der Waals surface area (Å²) in [5.41, 5.74) is 17.9. The monoisotopic (exact) mass is 2110 g/mol. The van der Waals surface area contributed by atoms with Crippen LogP contribution in [0.25, 0.3) is 113 Å². The van der Waals surface area contributed by atoms with Gasteiger partial charge in [-0.15, -0.1) is 51.0 Å². The number of sulfonamides is 5. The van der Waals surface area contributed by atoms with Crippen molar-refractivity contribution in [3.63, 3.8) is 0 Å². The maximum atomic E-state index is 12.1. The number of piperazine rings is 1. The largest absolute Gasteiger partial charge is 0.392 e. The molecular weight excluding hydrogens is 2010 g/mol. The summed E-state index contributed by atoms with van der Waals surface area (Å²) in [4.78, 5) is 8.68. The zero-order valence-electron chi connectivity index (χ0n) is 80.2. The molecule has 0 amide bonds. The first-order valence-electron chi connectivity index (χ1n) is 46.6. The molecule has 0 radical (unpaired) electrons. The second-order valence-electron chi connectivity index (χ2n) is 34.6. The summed E-state index contributed by atoms with van der Waals surface area (Å²) in [6.07, 6.45) is 15.7. The van der Waals surface area contributed by atoms with Gasteiger partial charge in [-0.2, -0.15) is 36.3 Å². The average Bonchev–Trinajstić information content (AvgIpc) is 1.78. The predicted octanol–water partition coefficient (Wildman–Crippen LogP) is 7.05. The lowest BCUT2D eigenvalue weighted by molar-refractivity contribution is 0.172. The summed E-state index contributed by atoms with van der Waals surface area (Å²) in [5, 5.41) is 130. The highest BCUT2D eigenvalue weighted by Crippen LogP contribution is 2.42. The summed E-state index contributed by atoms with van der Waals surface area (Å²) in [5.74, 6) is 0.839. The van der Waals surface area contributed by atoms with Gasteiger partial charge in [0, 0.05) is 127 Å². The Morgan fingerprint density at radius 2 is 0.785 bits per heavy atom. The van der Waals surface area contributed by atoms with Gasteiger partial charge in [-0.3, -0.25) is 24.6 Å². The van der Waals surface area contributed by atoms with E-state index in [1.165, 1.54) is 30.3 Å². The van der Waals surface area contributed by atoms with Crippen molar-refractivity contribution in [1.29, 1.82) is 0 Å². The molecule has 47 nitrogen and oxygen atoms in total. The third-order valence-electron chi connectivity index (χ3n) is 24.3. The van der Waals surface area contributed by atoms with Crippen molar-refractivity contribution in [3.05, 3.63) is 301 Å². The van der Waals surface area contributed by atoms with E-state index in [0.29, 0.717) is 81.3 Å². The zero-order chi connectivity index (χ0) is 105.